The van der Waals surface area contributed by atoms with Crippen LogP contribution in [0.3, 0.4) is 0 Å². The predicted octanol–water partition coefficient (Wildman–Crippen LogP) is 3.72. The zero-order valence-electron chi connectivity index (χ0n) is 15.6. The van der Waals surface area contributed by atoms with Gasteiger partial charge in [-0.3, -0.25) is 0 Å². The molecule has 4 atom stereocenters. The number of aliphatic hydroxyl groups is 2. The fourth-order valence-electron chi connectivity index (χ4n) is 5.02. The van der Waals surface area contributed by atoms with E-state index in [-0.39, 0.29) is 5.92 Å². The van der Waals surface area contributed by atoms with Gasteiger partial charge in [0.15, 0.2) is 11.2 Å². The molecule has 142 valence electrons. The summed E-state index contributed by atoms with van der Waals surface area (Å²) in [5, 5.41) is 23.1. The average Bonchev–Trinajstić information content (AvgIpc) is 3.15. The molecule has 4 nitrogen and oxygen atoms in total. The van der Waals surface area contributed by atoms with Gasteiger partial charge in [0.25, 0.3) is 0 Å². The van der Waals surface area contributed by atoms with Crippen LogP contribution in [-0.2, 0) is 11.2 Å². The normalized spacial score (nSPS) is 30.4. The summed E-state index contributed by atoms with van der Waals surface area (Å²) in [5.41, 5.74) is -0.183. The zero-order chi connectivity index (χ0) is 19.4. The molecule has 1 aliphatic carbocycles. The van der Waals surface area contributed by atoms with Crippen molar-refractivity contribution in [3.8, 4) is 11.5 Å². The fraction of sp³-hybridized carbons (Fsp3) is 0.250. The quantitative estimate of drug-likeness (QED) is 0.734. The number of rotatable bonds is 3. The van der Waals surface area contributed by atoms with Gasteiger partial charge in [-0.05, 0) is 35.7 Å². The van der Waals surface area contributed by atoms with Gasteiger partial charge in [-0.25, -0.2) is 0 Å². The Labute approximate surface area is 164 Å². The summed E-state index contributed by atoms with van der Waals surface area (Å²) < 4.78 is 11.9. The second-order valence-corrected chi connectivity index (χ2v) is 7.54. The van der Waals surface area contributed by atoms with E-state index in [1.807, 2.05) is 78.9 Å². The highest BCUT2D eigenvalue weighted by Gasteiger charge is 2.72. The van der Waals surface area contributed by atoms with Crippen molar-refractivity contribution >= 4 is 0 Å². The predicted molar refractivity (Wildman–Crippen MR) is 105 cm³/mol. The molecule has 1 saturated carbocycles. The highest BCUT2D eigenvalue weighted by atomic mass is 16.5. The molecule has 5 rings (SSSR count). The van der Waals surface area contributed by atoms with Gasteiger partial charge in [0.05, 0.1) is 13.2 Å². The van der Waals surface area contributed by atoms with Crippen LogP contribution in [0.4, 0.5) is 0 Å². The first-order valence-corrected chi connectivity index (χ1v) is 9.49. The Bertz CT molecular complexity index is 1000. The first kappa shape index (κ1) is 17.3. The SMILES string of the molecule is COc1ccc([C@]23Oc4ccccc4[C@@]2(O)[C@H](O)C[C@H]3c2ccccc2)cc1. The van der Waals surface area contributed by atoms with Crippen molar-refractivity contribution in [2.75, 3.05) is 7.11 Å². The van der Waals surface area contributed by atoms with Crippen LogP contribution in [0.15, 0.2) is 78.9 Å². The van der Waals surface area contributed by atoms with Crippen LogP contribution in [-0.4, -0.2) is 23.4 Å². The molecule has 4 heteroatoms. The van der Waals surface area contributed by atoms with E-state index in [0.29, 0.717) is 17.7 Å². The number of fused-ring (bicyclic) bond motifs is 3. The lowest BCUT2D eigenvalue weighted by molar-refractivity contribution is -0.149. The van der Waals surface area contributed by atoms with Gasteiger partial charge in [0.1, 0.15) is 11.5 Å². The highest BCUT2D eigenvalue weighted by molar-refractivity contribution is 5.54. The Hall–Kier alpha value is -2.82. The molecule has 1 fully saturated rings. The van der Waals surface area contributed by atoms with Gasteiger partial charge < -0.3 is 19.7 Å². The number of ether oxygens (including phenoxy) is 2. The van der Waals surface area contributed by atoms with Crippen LogP contribution < -0.4 is 9.47 Å². The van der Waals surface area contributed by atoms with Gasteiger partial charge in [-0.1, -0.05) is 60.7 Å². The lowest BCUT2D eigenvalue weighted by Crippen LogP contribution is -2.51. The summed E-state index contributed by atoms with van der Waals surface area (Å²) in [6.07, 6.45) is -0.551. The molecule has 3 aromatic carbocycles. The Kier molecular flexibility index (Phi) is 3.76. The Morgan fingerprint density at radius 2 is 1.61 bits per heavy atom. The third-order valence-electron chi connectivity index (χ3n) is 6.29. The van der Waals surface area contributed by atoms with Crippen LogP contribution in [0, 0.1) is 0 Å². The van der Waals surface area contributed by atoms with Crippen molar-refractivity contribution < 1.29 is 19.7 Å². The minimum Gasteiger partial charge on any atom is -0.497 e. The molecular weight excluding hydrogens is 352 g/mol. The van der Waals surface area contributed by atoms with E-state index >= 15 is 0 Å². The molecular formula is C24H22O4. The van der Waals surface area contributed by atoms with Gasteiger partial charge in [0.2, 0.25) is 0 Å². The van der Waals surface area contributed by atoms with E-state index in [4.69, 9.17) is 9.47 Å². The number of aliphatic hydroxyl groups excluding tert-OH is 1. The molecule has 3 aromatic rings. The van der Waals surface area contributed by atoms with E-state index in [0.717, 1.165) is 16.9 Å². The number of hydrogen-bond acceptors (Lipinski definition) is 4. The molecule has 2 N–H and O–H groups in total. The topological polar surface area (TPSA) is 58.9 Å². The monoisotopic (exact) mass is 374 g/mol. The first-order valence-electron chi connectivity index (χ1n) is 9.49. The molecule has 0 unspecified atom stereocenters. The van der Waals surface area contributed by atoms with E-state index in [9.17, 15) is 10.2 Å². The van der Waals surface area contributed by atoms with Gasteiger partial charge >= 0.3 is 0 Å². The smallest absolute Gasteiger partial charge is 0.176 e. The van der Waals surface area contributed by atoms with Crippen LogP contribution in [0.2, 0.25) is 0 Å². The van der Waals surface area contributed by atoms with Crippen molar-refractivity contribution in [2.24, 2.45) is 0 Å². The summed E-state index contributed by atoms with van der Waals surface area (Å²) in [6, 6.07) is 25.0. The lowest BCUT2D eigenvalue weighted by atomic mass is 9.71. The first-order chi connectivity index (χ1) is 13.6. The largest absolute Gasteiger partial charge is 0.497 e. The van der Waals surface area contributed by atoms with E-state index in [1.54, 1.807) is 7.11 Å². The van der Waals surface area contributed by atoms with E-state index in [2.05, 4.69) is 0 Å². The van der Waals surface area contributed by atoms with Crippen LogP contribution in [0.5, 0.6) is 11.5 Å². The number of hydrogen-bond donors (Lipinski definition) is 2. The number of para-hydroxylation sites is 1. The van der Waals surface area contributed by atoms with E-state index < -0.39 is 17.3 Å². The summed E-state index contributed by atoms with van der Waals surface area (Å²) in [6.45, 7) is 0. The summed E-state index contributed by atoms with van der Waals surface area (Å²) in [7, 11) is 1.62. The van der Waals surface area contributed by atoms with Crippen molar-refractivity contribution in [2.45, 2.75) is 29.6 Å². The van der Waals surface area contributed by atoms with Crippen molar-refractivity contribution in [3.05, 3.63) is 95.6 Å². The van der Waals surface area contributed by atoms with Crippen LogP contribution in [0.25, 0.3) is 0 Å². The molecule has 2 aliphatic rings. The highest BCUT2D eigenvalue weighted by Crippen LogP contribution is 2.66. The van der Waals surface area contributed by atoms with Crippen molar-refractivity contribution in [3.63, 3.8) is 0 Å². The second kappa shape index (κ2) is 6.09. The molecule has 0 spiro atoms. The van der Waals surface area contributed by atoms with Crippen LogP contribution >= 0.6 is 0 Å². The molecule has 0 radical (unpaired) electrons. The fourth-order valence-corrected chi connectivity index (χ4v) is 5.02. The van der Waals surface area contributed by atoms with Gasteiger partial charge in [0, 0.05) is 11.5 Å². The molecule has 1 aliphatic heterocycles. The minimum absolute atomic E-state index is 0.213. The Morgan fingerprint density at radius 3 is 2.32 bits per heavy atom. The molecule has 0 saturated heterocycles. The van der Waals surface area contributed by atoms with Gasteiger partial charge in [-0.15, -0.1) is 0 Å². The third-order valence-corrected chi connectivity index (χ3v) is 6.29. The van der Waals surface area contributed by atoms with Gasteiger partial charge in [-0.2, -0.15) is 0 Å². The minimum atomic E-state index is -1.54. The summed E-state index contributed by atoms with van der Waals surface area (Å²) in [4.78, 5) is 0. The van der Waals surface area contributed by atoms with Crippen LogP contribution in [0.1, 0.15) is 29.0 Å². The second-order valence-electron chi connectivity index (χ2n) is 7.54. The maximum atomic E-state index is 12.0. The molecule has 28 heavy (non-hydrogen) atoms. The lowest BCUT2D eigenvalue weighted by Gasteiger charge is -2.40. The molecule has 1 heterocycles. The average molecular weight is 374 g/mol. The molecule has 0 amide bonds. The maximum Gasteiger partial charge on any atom is 0.176 e. The number of methoxy groups -OCH3 is 1. The summed E-state index contributed by atoms with van der Waals surface area (Å²) >= 11 is 0. The zero-order valence-corrected chi connectivity index (χ0v) is 15.6. The van der Waals surface area contributed by atoms with E-state index in [1.165, 1.54) is 0 Å². The number of benzene rings is 3. The Balaban J connectivity index is 1.78. The molecule has 0 aromatic heterocycles. The summed E-state index contributed by atoms with van der Waals surface area (Å²) in [5.74, 6) is 1.13. The standard InChI is InChI=1S/C24H22O4/c1-27-18-13-11-17(12-14-18)24-20(16-7-3-2-4-8-16)15-22(25)23(24,26)19-9-5-6-10-21(19)28-24/h2-14,20,22,25-26H,15H2,1H3/t20-,22+,23+,24+/m0/s1. The Morgan fingerprint density at radius 1 is 0.929 bits per heavy atom. The third kappa shape index (κ3) is 2.07. The van der Waals surface area contributed by atoms with Crippen molar-refractivity contribution in [1.29, 1.82) is 0 Å². The van der Waals surface area contributed by atoms with Crippen molar-refractivity contribution in [1.82, 2.24) is 0 Å². The maximum absolute atomic E-state index is 12.0. The molecule has 0 bridgehead atoms.